The first kappa shape index (κ1) is 12.4. The number of carboxylic acids is 1. The molecule has 1 aromatic carbocycles. The van der Waals surface area contributed by atoms with Crippen LogP contribution < -0.4 is 5.32 Å². The summed E-state index contributed by atoms with van der Waals surface area (Å²) in [5.74, 6) is -1.05. The molecule has 2 aromatic rings. The average molecular weight is 271 g/mol. The maximum absolute atomic E-state index is 11.4. The number of aromatic nitrogens is 2. The lowest BCUT2D eigenvalue weighted by Gasteiger charge is -2.19. The number of anilines is 1. The summed E-state index contributed by atoms with van der Waals surface area (Å²) < 4.78 is 1.55. The molecule has 2 heterocycles. The molecule has 0 aliphatic carbocycles. The summed E-state index contributed by atoms with van der Waals surface area (Å²) in [7, 11) is 1.71. The van der Waals surface area contributed by atoms with Gasteiger partial charge in [0.05, 0.1) is 5.69 Å². The molecule has 0 spiro atoms. The second kappa shape index (κ2) is 4.48. The summed E-state index contributed by atoms with van der Waals surface area (Å²) in [5, 5.41) is 15.8. The van der Waals surface area contributed by atoms with Gasteiger partial charge in [0.25, 0.3) is 0 Å². The van der Waals surface area contributed by atoms with Gasteiger partial charge in [-0.05, 0) is 24.1 Å². The number of rotatable bonds is 2. The molecule has 2 N–H and O–H groups in total. The molecule has 0 saturated heterocycles. The van der Waals surface area contributed by atoms with Gasteiger partial charge in [0.2, 0.25) is 5.91 Å². The van der Waals surface area contributed by atoms with Gasteiger partial charge >= 0.3 is 5.97 Å². The maximum atomic E-state index is 11.4. The Kier molecular flexibility index (Phi) is 2.78. The Morgan fingerprint density at radius 2 is 2.20 bits per heavy atom. The second-order valence-corrected chi connectivity index (χ2v) is 4.72. The summed E-state index contributed by atoms with van der Waals surface area (Å²) >= 11 is 0. The standard InChI is InChI=1S/C14H13N3O3/c1-17-12(7-11(16-17)14(19)20)9-3-2-4-10-8(9)5-6-13(18)15-10/h2-4,7H,5-6H2,1H3,(H,15,18)(H,19,20). The Morgan fingerprint density at radius 1 is 1.40 bits per heavy atom. The van der Waals surface area contributed by atoms with Gasteiger partial charge in [0.1, 0.15) is 0 Å². The fourth-order valence-corrected chi connectivity index (χ4v) is 2.49. The maximum Gasteiger partial charge on any atom is 0.356 e. The van der Waals surface area contributed by atoms with E-state index in [2.05, 4.69) is 10.4 Å². The minimum absolute atomic E-state index is 0.00545. The van der Waals surface area contributed by atoms with Crippen molar-refractivity contribution in [3.05, 3.63) is 35.5 Å². The van der Waals surface area contributed by atoms with E-state index in [1.54, 1.807) is 17.8 Å². The van der Waals surface area contributed by atoms with Crippen LogP contribution in [0.3, 0.4) is 0 Å². The summed E-state index contributed by atoms with van der Waals surface area (Å²) in [6, 6.07) is 7.16. The van der Waals surface area contributed by atoms with Crippen LogP contribution in [0.1, 0.15) is 22.5 Å². The van der Waals surface area contributed by atoms with Crippen LogP contribution in [0.5, 0.6) is 0 Å². The van der Waals surface area contributed by atoms with Gasteiger partial charge in [-0.2, -0.15) is 5.10 Å². The van der Waals surface area contributed by atoms with Crippen LogP contribution in [0.2, 0.25) is 0 Å². The number of nitrogens with zero attached hydrogens (tertiary/aromatic N) is 2. The first-order valence-corrected chi connectivity index (χ1v) is 6.25. The third-order valence-corrected chi connectivity index (χ3v) is 3.43. The molecule has 6 heteroatoms. The van der Waals surface area contributed by atoms with E-state index >= 15 is 0 Å². The van der Waals surface area contributed by atoms with E-state index < -0.39 is 5.97 Å². The van der Waals surface area contributed by atoms with Gasteiger partial charge in [0, 0.05) is 24.7 Å². The van der Waals surface area contributed by atoms with Crippen LogP contribution in [0.25, 0.3) is 11.3 Å². The monoisotopic (exact) mass is 271 g/mol. The minimum atomic E-state index is -1.05. The SMILES string of the molecule is Cn1nc(C(=O)O)cc1-c1cccc2c1CCC(=O)N2. The molecule has 0 atom stereocenters. The summed E-state index contributed by atoms with van der Waals surface area (Å²) in [6.45, 7) is 0. The minimum Gasteiger partial charge on any atom is -0.476 e. The van der Waals surface area contributed by atoms with Crippen molar-refractivity contribution in [2.45, 2.75) is 12.8 Å². The number of aryl methyl sites for hydroxylation is 1. The fraction of sp³-hybridized carbons (Fsp3) is 0.214. The molecule has 0 unspecified atom stereocenters. The molecule has 1 aromatic heterocycles. The number of carbonyl (C=O) groups excluding carboxylic acids is 1. The Hall–Kier alpha value is -2.63. The Balaban J connectivity index is 2.14. The van der Waals surface area contributed by atoms with Crippen molar-refractivity contribution in [2.24, 2.45) is 7.05 Å². The van der Waals surface area contributed by atoms with E-state index in [0.29, 0.717) is 12.8 Å². The summed E-state index contributed by atoms with van der Waals surface area (Å²) in [4.78, 5) is 22.4. The van der Waals surface area contributed by atoms with Crippen LogP contribution in [0.4, 0.5) is 5.69 Å². The van der Waals surface area contributed by atoms with Crippen molar-refractivity contribution in [1.29, 1.82) is 0 Å². The van der Waals surface area contributed by atoms with Gasteiger partial charge in [-0.3, -0.25) is 9.48 Å². The van der Waals surface area contributed by atoms with Gasteiger partial charge in [-0.1, -0.05) is 12.1 Å². The molecule has 102 valence electrons. The Labute approximate surface area is 115 Å². The van der Waals surface area contributed by atoms with Gasteiger partial charge < -0.3 is 10.4 Å². The van der Waals surface area contributed by atoms with Crippen LogP contribution in [0.15, 0.2) is 24.3 Å². The molecule has 6 nitrogen and oxygen atoms in total. The zero-order chi connectivity index (χ0) is 14.3. The van der Waals surface area contributed by atoms with Crippen LogP contribution in [-0.2, 0) is 18.3 Å². The number of fused-ring (bicyclic) bond motifs is 1. The molecular weight excluding hydrogens is 258 g/mol. The van der Waals surface area contributed by atoms with Gasteiger partial charge in [0.15, 0.2) is 5.69 Å². The Morgan fingerprint density at radius 3 is 2.90 bits per heavy atom. The van der Waals surface area contributed by atoms with E-state index in [0.717, 1.165) is 22.5 Å². The molecule has 1 aliphatic heterocycles. The van der Waals surface area contributed by atoms with E-state index in [-0.39, 0.29) is 11.6 Å². The molecular formula is C14H13N3O3. The highest BCUT2D eigenvalue weighted by Gasteiger charge is 2.21. The molecule has 0 fully saturated rings. The van der Waals surface area contributed by atoms with Crippen molar-refractivity contribution in [3.63, 3.8) is 0 Å². The highest BCUT2D eigenvalue weighted by Crippen LogP contribution is 2.32. The predicted molar refractivity (Wildman–Crippen MR) is 72.6 cm³/mol. The Bertz CT molecular complexity index is 718. The van der Waals surface area contributed by atoms with Crippen LogP contribution in [-0.4, -0.2) is 26.8 Å². The van der Waals surface area contributed by atoms with Crippen LogP contribution in [0, 0.1) is 0 Å². The molecule has 0 radical (unpaired) electrons. The second-order valence-electron chi connectivity index (χ2n) is 4.72. The van der Waals surface area contributed by atoms with Crippen LogP contribution >= 0.6 is 0 Å². The number of benzene rings is 1. The quantitative estimate of drug-likeness (QED) is 0.870. The zero-order valence-electron chi connectivity index (χ0n) is 10.9. The lowest BCUT2D eigenvalue weighted by molar-refractivity contribution is -0.116. The first-order valence-electron chi connectivity index (χ1n) is 6.25. The van der Waals surface area contributed by atoms with E-state index in [1.165, 1.54) is 0 Å². The number of hydrogen-bond donors (Lipinski definition) is 2. The number of hydrogen-bond acceptors (Lipinski definition) is 3. The molecule has 1 amide bonds. The number of carbonyl (C=O) groups is 2. The van der Waals surface area contributed by atoms with Crippen molar-refractivity contribution < 1.29 is 14.7 Å². The van der Waals surface area contributed by atoms with Crippen molar-refractivity contribution in [3.8, 4) is 11.3 Å². The first-order chi connectivity index (χ1) is 9.56. The van der Waals surface area contributed by atoms with Gasteiger partial charge in [-0.25, -0.2) is 4.79 Å². The van der Waals surface area contributed by atoms with Crippen molar-refractivity contribution >= 4 is 17.6 Å². The number of nitrogens with one attached hydrogen (secondary N) is 1. The number of aromatic carboxylic acids is 1. The number of amides is 1. The fourth-order valence-electron chi connectivity index (χ4n) is 2.49. The van der Waals surface area contributed by atoms with Crippen molar-refractivity contribution in [2.75, 3.05) is 5.32 Å². The van der Waals surface area contributed by atoms with Crippen molar-refractivity contribution in [1.82, 2.24) is 9.78 Å². The topological polar surface area (TPSA) is 84.2 Å². The average Bonchev–Trinajstić information content (AvgIpc) is 2.80. The van der Waals surface area contributed by atoms with Gasteiger partial charge in [-0.15, -0.1) is 0 Å². The molecule has 20 heavy (non-hydrogen) atoms. The molecule has 1 aliphatic rings. The predicted octanol–water partition coefficient (Wildman–Crippen LogP) is 1.67. The highest BCUT2D eigenvalue weighted by molar-refractivity contribution is 5.96. The summed E-state index contributed by atoms with van der Waals surface area (Å²) in [5.41, 5.74) is 3.46. The normalized spacial score (nSPS) is 13.8. The molecule has 3 rings (SSSR count). The smallest absolute Gasteiger partial charge is 0.356 e. The highest BCUT2D eigenvalue weighted by atomic mass is 16.4. The van der Waals surface area contributed by atoms with E-state index in [1.807, 2.05) is 18.2 Å². The third-order valence-electron chi connectivity index (χ3n) is 3.43. The van der Waals surface area contributed by atoms with E-state index in [9.17, 15) is 9.59 Å². The molecule has 0 bridgehead atoms. The molecule has 0 saturated carbocycles. The zero-order valence-corrected chi connectivity index (χ0v) is 10.9. The lowest BCUT2D eigenvalue weighted by Crippen LogP contribution is -2.19. The number of carboxylic acid groups (broad SMARTS) is 1. The lowest BCUT2D eigenvalue weighted by atomic mass is 9.95. The summed E-state index contributed by atoms with van der Waals surface area (Å²) in [6.07, 6.45) is 1.08. The largest absolute Gasteiger partial charge is 0.476 e. The third kappa shape index (κ3) is 1.95. The van der Waals surface area contributed by atoms with E-state index in [4.69, 9.17) is 5.11 Å².